The highest BCUT2D eigenvalue weighted by atomic mass is 32.2. The third kappa shape index (κ3) is 3.75. The Morgan fingerprint density at radius 3 is 2.73 bits per heavy atom. The molecule has 0 spiro atoms. The summed E-state index contributed by atoms with van der Waals surface area (Å²) >= 11 is 1.49. The molecule has 1 fully saturated rings. The average Bonchev–Trinajstić information content (AvgIpc) is 2.99. The van der Waals surface area contributed by atoms with Crippen LogP contribution < -0.4 is 10.2 Å². The number of halogens is 1. The van der Waals surface area contributed by atoms with Crippen LogP contribution in [0, 0.1) is 18.7 Å². The van der Waals surface area contributed by atoms with Crippen LogP contribution in [0.25, 0.3) is 0 Å². The Hall–Kier alpha value is -2.34. The number of nitrogens with one attached hydrogen (secondary N) is 1. The summed E-state index contributed by atoms with van der Waals surface area (Å²) in [5, 5.41) is 2.63. The zero-order valence-corrected chi connectivity index (χ0v) is 15.8. The number of thioether (sulfide) groups is 1. The Bertz CT molecular complexity index is 853. The van der Waals surface area contributed by atoms with Gasteiger partial charge in [0.2, 0.25) is 11.8 Å². The molecule has 3 rings (SSSR count). The first kappa shape index (κ1) is 18.5. The lowest BCUT2D eigenvalue weighted by Gasteiger charge is -2.25. The standard InChI is InChI=1S/C20H21FN2O2S/c1-12(2)19(25)22-15-6-4-5-14(9-15)20-23(18(24)11-26-20)16-8-7-13(3)17(21)10-16/h4-10,12,20H,11H2,1-3H3,(H,22,25). The maximum absolute atomic E-state index is 14.0. The van der Waals surface area contributed by atoms with Crippen molar-refractivity contribution in [2.45, 2.75) is 26.1 Å². The lowest BCUT2D eigenvalue weighted by atomic mass is 10.1. The van der Waals surface area contributed by atoms with Crippen LogP contribution >= 0.6 is 11.8 Å². The number of carbonyl (C=O) groups excluding carboxylic acids is 2. The molecule has 136 valence electrons. The summed E-state index contributed by atoms with van der Waals surface area (Å²) in [6.45, 7) is 5.36. The topological polar surface area (TPSA) is 49.4 Å². The molecular formula is C20H21FN2O2S. The molecule has 0 aliphatic carbocycles. The highest BCUT2D eigenvalue weighted by Gasteiger charge is 2.34. The molecule has 1 aliphatic heterocycles. The van der Waals surface area contributed by atoms with Gasteiger partial charge in [0, 0.05) is 17.3 Å². The molecule has 1 atom stereocenters. The first-order valence-corrected chi connectivity index (χ1v) is 9.52. The molecule has 1 saturated heterocycles. The Morgan fingerprint density at radius 2 is 2.04 bits per heavy atom. The molecule has 1 heterocycles. The number of aryl methyl sites for hydroxylation is 1. The zero-order chi connectivity index (χ0) is 18.8. The van der Waals surface area contributed by atoms with E-state index in [1.807, 2.05) is 38.1 Å². The van der Waals surface area contributed by atoms with Crippen LogP contribution in [0.2, 0.25) is 0 Å². The van der Waals surface area contributed by atoms with E-state index in [4.69, 9.17) is 0 Å². The lowest BCUT2D eigenvalue weighted by Crippen LogP contribution is -2.28. The van der Waals surface area contributed by atoms with Gasteiger partial charge in [0.05, 0.1) is 5.75 Å². The predicted octanol–water partition coefficient (Wildman–Crippen LogP) is 4.51. The van der Waals surface area contributed by atoms with E-state index in [-0.39, 0.29) is 28.9 Å². The third-order valence-corrected chi connectivity index (χ3v) is 5.48. The Kier molecular flexibility index (Phi) is 5.32. The van der Waals surface area contributed by atoms with Crippen molar-refractivity contribution in [1.29, 1.82) is 0 Å². The van der Waals surface area contributed by atoms with Gasteiger partial charge in [-0.25, -0.2) is 4.39 Å². The van der Waals surface area contributed by atoms with Crippen molar-refractivity contribution in [3.05, 3.63) is 59.4 Å². The van der Waals surface area contributed by atoms with E-state index in [2.05, 4.69) is 5.32 Å². The summed E-state index contributed by atoms with van der Waals surface area (Å²) < 4.78 is 14.0. The highest BCUT2D eigenvalue weighted by molar-refractivity contribution is 8.00. The van der Waals surface area contributed by atoms with E-state index in [0.717, 1.165) is 5.56 Å². The summed E-state index contributed by atoms with van der Waals surface area (Å²) in [6, 6.07) is 12.3. The van der Waals surface area contributed by atoms with Gasteiger partial charge >= 0.3 is 0 Å². The fourth-order valence-corrected chi connectivity index (χ4v) is 3.90. The number of amides is 2. The minimum atomic E-state index is -0.330. The number of benzene rings is 2. The molecule has 26 heavy (non-hydrogen) atoms. The van der Waals surface area contributed by atoms with Crippen molar-refractivity contribution in [3.8, 4) is 0 Å². The van der Waals surface area contributed by atoms with Crippen LogP contribution in [0.4, 0.5) is 15.8 Å². The molecule has 0 saturated carbocycles. The second-order valence-corrected chi connectivity index (χ2v) is 7.70. The van der Waals surface area contributed by atoms with Crippen LogP contribution in [0.15, 0.2) is 42.5 Å². The maximum Gasteiger partial charge on any atom is 0.238 e. The number of anilines is 2. The molecular weight excluding hydrogens is 351 g/mol. The van der Waals surface area contributed by atoms with Crippen molar-refractivity contribution in [2.24, 2.45) is 5.92 Å². The van der Waals surface area contributed by atoms with Gasteiger partial charge in [-0.2, -0.15) is 0 Å². The van der Waals surface area contributed by atoms with Crippen molar-refractivity contribution >= 4 is 35.0 Å². The van der Waals surface area contributed by atoms with E-state index in [1.165, 1.54) is 17.8 Å². The number of nitrogens with zero attached hydrogens (tertiary/aromatic N) is 1. The number of rotatable bonds is 4. The summed E-state index contributed by atoms with van der Waals surface area (Å²) in [5.74, 6) is -0.227. The second-order valence-electron chi connectivity index (χ2n) is 6.63. The zero-order valence-electron chi connectivity index (χ0n) is 15.0. The Morgan fingerprint density at radius 1 is 1.27 bits per heavy atom. The molecule has 1 N–H and O–H groups in total. The van der Waals surface area contributed by atoms with Gasteiger partial charge in [-0.3, -0.25) is 14.5 Å². The Balaban J connectivity index is 1.91. The van der Waals surface area contributed by atoms with Gasteiger partial charge in [-0.15, -0.1) is 11.8 Å². The monoisotopic (exact) mass is 372 g/mol. The van der Waals surface area contributed by atoms with Crippen LogP contribution in [0.5, 0.6) is 0 Å². The minimum absolute atomic E-state index is 0.0557. The SMILES string of the molecule is Cc1ccc(N2C(=O)CSC2c2cccc(NC(=O)C(C)C)c2)cc1F. The van der Waals surface area contributed by atoms with Crippen LogP contribution in [0.1, 0.15) is 30.3 Å². The lowest BCUT2D eigenvalue weighted by molar-refractivity contribution is -0.119. The molecule has 0 radical (unpaired) electrons. The largest absolute Gasteiger partial charge is 0.326 e. The average molecular weight is 372 g/mol. The van der Waals surface area contributed by atoms with Crippen molar-refractivity contribution in [3.63, 3.8) is 0 Å². The van der Waals surface area contributed by atoms with Gasteiger partial charge in [-0.1, -0.05) is 32.0 Å². The Labute approximate surface area is 156 Å². The minimum Gasteiger partial charge on any atom is -0.326 e. The van der Waals surface area contributed by atoms with E-state index in [0.29, 0.717) is 22.7 Å². The van der Waals surface area contributed by atoms with Crippen LogP contribution in [-0.4, -0.2) is 17.6 Å². The van der Waals surface area contributed by atoms with E-state index in [1.54, 1.807) is 24.0 Å². The summed E-state index contributed by atoms with van der Waals surface area (Å²) in [4.78, 5) is 26.0. The summed E-state index contributed by atoms with van der Waals surface area (Å²) in [7, 11) is 0. The number of hydrogen-bond donors (Lipinski definition) is 1. The summed E-state index contributed by atoms with van der Waals surface area (Å²) in [6.07, 6.45) is 0. The van der Waals surface area contributed by atoms with Gasteiger partial charge < -0.3 is 5.32 Å². The quantitative estimate of drug-likeness (QED) is 0.859. The molecule has 0 aromatic heterocycles. The normalized spacial score (nSPS) is 17.0. The van der Waals surface area contributed by atoms with Crippen molar-refractivity contribution in [2.75, 3.05) is 16.0 Å². The van der Waals surface area contributed by atoms with Gasteiger partial charge in [0.1, 0.15) is 11.2 Å². The molecule has 2 aromatic rings. The van der Waals surface area contributed by atoms with E-state index >= 15 is 0 Å². The first-order chi connectivity index (χ1) is 12.4. The highest BCUT2D eigenvalue weighted by Crippen LogP contribution is 2.42. The van der Waals surface area contributed by atoms with Gasteiger partial charge in [0.25, 0.3) is 0 Å². The smallest absolute Gasteiger partial charge is 0.238 e. The third-order valence-electron chi connectivity index (χ3n) is 4.27. The molecule has 4 nitrogen and oxygen atoms in total. The van der Waals surface area contributed by atoms with Crippen molar-refractivity contribution in [1.82, 2.24) is 0 Å². The molecule has 1 unspecified atom stereocenters. The maximum atomic E-state index is 14.0. The molecule has 1 aliphatic rings. The number of carbonyl (C=O) groups is 2. The summed E-state index contributed by atoms with van der Waals surface area (Å²) in [5.41, 5.74) is 2.67. The van der Waals surface area contributed by atoms with Crippen LogP contribution in [-0.2, 0) is 9.59 Å². The molecule has 2 aromatic carbocycles. The molecule has 6 heteroatoms. The molecule has 2 amide bonds. The van der Waals surface area contributed by atoms with Gasteiger partial charge in [0.15, 0.2) is 0 Å². The molecule has 0 bridgehead atoms. The fourth-order valence-electron chi connectivity index (χ4n) is 2.74. The van der Waals surface area contributed by atoms with E-state index < -0.39 is 0 Å². The predicted molar refractivity (Wildman–Crippen MR) is 104 cm³/mol. The van der Waals surface area contributed by atoms with E-state index in [9.17, 15) is 14.0 Å². The van der Waals surface area contributed by atoms with Gasteiger partial charge in [-0.05, 0) is 42.3 Å². The first-order valence-electron chi connectivity index (χ1n) is 8.47. The van der Waals surface area contributed by atoms with Crippen molar-refractivity contribution < 1.29 is 14.0 Å². The number of hydrogen-bond acceptors (Lipinski definition) is 3. The van der Waals surface area contributed by atoms with Crippen LogP contribution in [0.3, 0.4) is 0 Å². The fraction of sp³-hybridized carbons (Fsp3) is 0.300. The second kappa shape index (κ2) is 7.50.